The van der Waals surface area contributed by atoms with Crippen LogP contribution in [-0.4, -0.2) is 0 Å². The molecule has 0 saturated carbocycles. The Morgan fingerprint density at radius 3 is 2.27 bits per heavy atom. The second-order valence-corrected chi connectivity index (χ2v) is 8.11. The number of hydrogen-bond acceptors (Lipinski definition) is 0. The second kappa shape index (κ2) is 6.87. The van der Waals surface area contributed by atoms with Gasteiger partial charge in [-0.15, -0.1) is 0 Å². The molecule has 0 spiro atoms. The van der Waals surface area contributed by atoms with Crippen molar-refractivity contribution in [2.24, 2.45) is 7.05 Å². The van der Waals surface area contributed by atoms with Gasteiger partial charge in [0.15, 0.2) is 0 Å². The van der Waals surface area contributed by atoms with Gasteiger partial charge in [-0.05, 0) is 66.9 Å². The Morgan fingerprint density at radius 2 is 1.65 bits per heavy atom. The molecule has 0 saturated heterocycles. The fourth-order valence-electron chi connectivity index (χ4n) is 3.75. The molecule has 2 aromatic carbocycles. The summed E-state index contributed by atoms with van der Waals surface area (Å²) in [4.78, 5) is 0. The van der Waals surface area contributed by atoms with Gasteiger partial charge in [-0.2, -0.15) is 4.57 Å². The third-order valence-electron chi connectivity index (χ3n) is 5.46. The molecular weight excluding hydrogens is 314 g/mol. The second-order valence-electron chi connectivity index (χ2n) is 8.11. The largest absolute Gasteiger partial charge is 0.213 e. The number of benzene rings is 2. The van der Waals surface area contributed by atoms with Crippen molar-refractivity contribution in [3.8, 4) is 11.3 Å². The smallest absolute Gasteiger partial charge is 0.194 e. The van der Waals surface area contributed by atoms with Crippen molar-refractivity contribution in [2.75, 3.05) is 0 Å². The summed E-state index contributed by atoms with van der Waals surface area (Å²) < 4.78 is 26.0. The van der Waals surface area contributed by atoms with Crippen LogP contribution in [0.2, 0.25) is 0 Å². The van der Waals surface area contributed by atoms with Crippen molar-refractivity contribution in [3.63, 3.8) is 0 Å². The minimum absolute atomic E-state index is 0.435. The van der Waals surface area contributed by atoms with Gasteiger partial charge in [-0.3, -0.25) is 0 Å². The van der Waals surface area contributed by atoms with E-state index in [1.54, 1.807) is 6.07 Å². The molecule has 0 unspecified atom stereocenters. The first-order chi connectivity index (χ1) is 13.4. The van der Waals surface area contributed by atoms with Crippen molar-refractivity contribution >= 4 is 10.9 Å². The zero-order valence-electron chi connectivity index (χ0n) is 20.1. The summed E-state index contributed by atoms with van der Waals surface area (Å²) in [6.45, 7) is 10.7. The van der Waals surface area contributed by atoms with Gasteiger partial charge in [0.25, 0.3) is 0 Å². The van der Waals surface area contributed by atoms with Crippen LogP contribution in [0.3, 0.4) is 0 Å². The average molecular weight is 350 g/mol. The molecule has 0 fully saturated rings. The summed E-state index contributed by atoms with van der Waals surface area (Å²) in [5.74, 6) is 0.883. The maximum absolute atomic E-state index is 7.93. The minimum Gasteiger partial charge on any atom is -0.194 e. The predicted molar refractivity (Wildman–Crippen MR) is 113 cm³/mol. The van der Waals surface area contributed by atoms with Crippen LogP contribution < -0.4 is 4.57 Å². The van der Waals surface area contributed by atoms with E-state index in [1.165, 1.54) is 22.0 Å². The molecule has 0 amide bonds. The Balaban J connectivity index is 2.36. The molecule has 1 aromatic heterocycles. The molecule has 0 atom stereocenters. The number of aromatic nitrogens is 1. The summed E-state index contributed by atoms with van der Waals surface area (Å²) in [6.07, 6.45) is 0. The van der Waals surface area contributed by atoms with E-state index in [0.29, 0.717) is 17.4 Å². The molecule has 1 heterocycles. The van der Waals surface area contributed by atoms with E-state index >= 15 is 0 Å². The van der Waals surface area contributed by atoms with Crippen LogP contribution >= 0.6 is 0 Å². The highest BCUT2D eigenvalue weighted by Crippen LogP contribution is 2.31. The van der Waals surface area contributed by atoms with Crippen molar-refractivity contribution < 1.29 is 8.68 Å². The van der Waals surface area contributed by atoms with Crippen LogP contribution in [-0.2, 0) is 7.05 Å². The monoisotopic (exact) mass is 349 g/mol. The molecule has 0 N–H and O–H groups in total. The lowest BCUT2D eigenvalue weighted by Crippen LogP contribution is -2.32. The highest BCUT2D eigenvalue weighted by Gasteiger charge is 2.20. The Hall–Kier alpha value is -2.15. The zero-order valence-corrected chi connectivity index (χ0v) is 17.1. The molecule has 1 heteroatoms. The third kappa shape index (κ3) is 3.16. The van der Waals surface area contributed by atoms with Crippen LogP contribution in [0.4, 0.5) is 0 Å². The molecule has 0 aliphatic rings. The summed E-state index contributed by atoms with van der Waals surface area (Å²) >= 11 is 0. The van der Waals surface area contributed by atoms with Gasteiger partial charge < -0.3 is 0 Å². The van der Waals surface area contributed by atoms with Gasteiger partial charge in [0, 0.05) is 27.2 Å². The maximum Gasteiger partial charge on any atom is 0.213 e. The molecule has 0 aliphatic heterocycles. The molecule has 0 bridgehead atoms. The van der Waals surface area contributed by atoms with E-state index in [0.717, 1.165) is 22.4 Å². The van der Waals surface area contributed by atoms with Gasteiger partial charge >= 0.3 is 0 Å². The summed E-state index contributed by atoms with van der Waals surface area (Å²) in [7, 11) is 2.09. The number of nitrogens with zero attached hydrogens (tertiary/aromatic N) is 1. The van der Waals surface area contributed by atoms with Gasteiger partial charge in [0.05, 0.1) is 0 Å². The van der Waals surface area contributed by atoms with Crippen molar-refractivity contribution in [1.82, 2.24) is 0 Å². The van der Waals surface area contributed by atoms with Gasteiger partial charge in [0.2, 0.25) is 11.2 Å². The van der Waals surface area contributed by atoms with Gasteiger partial charge in [0.1, 0.15) is 7.05 Å². The van der Waals surface area contributed by atoms with E-state index in [4.69, 9.17) is 4.11 Å². The zero-order chi connectivity index (χ0) is 21.7. The highest BCUT2D eigenvalue weighted by atomic mass is 14.9. The summed E-state index contributed by atoms with van der Waals surface area (Å²) in [5.41, 5.74) is 8.14. The fourth-order valence-corrected chi connectivity index (χ4v) is 3.75. The van der Waals surface area contributed by atoms with Crippen molar-refractivity contribution in [3.05, 3.63) is 64.2 Å². The van der Waals surface area contributed by atoms with Crippen LogP contribution in [0.1, 0.15) is 71.5 Å². The third-order valence-corrected chi connectivity index (χ3v) is 5.46. The first-order valence-electron chi connectivity index (χ1n) is 11.0. The lowest BCUT2D eigenvalue weighted by atomic mass is 9.91. The topological polar surface area (TPSA) is 3.88 Å². The predicted octanol–water partition coefficient (Wildman–Crippen LogP) is 6.50. The Labute approximate surface area is 162 Å². The molecule has 1 nitrogen and oxygen atoms in total. The molecule has 136 valence electrons. The molecule has 3 aromatic rings. The van der Waals surface area contributed by atoms with E-state index in [1.807, 2.05) is 13.8 Å². The van der Waals surface area contributed by atoms with Crippen LogP contribution in [0.25, 0.3) is 22.2 Å². The lowest BCUT2D eigenvalue weighted by Gasteiger charge is -2.15. The van der Waals surface area contributed by atoms with E-state index in [9.17, 15) is 0 Å². The molecule has 0 radical (unpaired) electrons. The quantitative estimate of drug-likeness (QED) is 0.475. The summed E-state index contributed by atoms with van der Waals surface area (Å²) in [6, 6.07) is 12.8. The number of pyridine rings is 1. The Bertz CT molecular complexity index is 1080. The van der Waals surface area contributed by atoms with Gasteiger partial charge in [-0.25, -0.2) is 0 Å². The van der Waals surface area contributed by atoms with Crippen molar-refractivity contribution in [1.29, 1.82) is 0 Å². The molecule has 26 heavy (non-hydrogen) atoms. The van der Waals surface area contributed by atoms with Crippen LogP contribution in [0, 0.1) is 20.7 Å². The maximum atomic E-state index is 7.93. The minimum atomic E-state index is -2.12. The van der Waals surface area contributed by atoms with Crippen LogP contribution in [0.5, 0.6) is 0 Å². The van der Waals surface area contributed by atoms with E-state index in [-0.39, 0.29) is 0 Å². The normalized spacial score (nSPS) is 14.0. The molecule has 0 aliphatic carbocycles. The average Bonchev–Trinajstić information content (AvgIpc) is 2.62. The number of fused-ring (bicyclic) bond motifs is 1. The SMILES string of the molecule is [2H]C([2H])([2H])c1cc(C)cc(-c2ccc3c(C(C)C)cc(C(C)C)cc3[n+]2C)c1C. The van der Waals surface area contributed by atoms with Crippen molar-refractivity contribution in [2.45, 2.75) is 60.2 Å². The Morgan fingerprint density at radius 1 is 0.923 bits per heavy atom. The molecule has 3 rings (SSSR count). The first-order valence-corrected chi connectivity index (χ1v) is 9.50. The standard InChI is InChI=1S/C25H32N/c1-15(2)20-13-22(16(3)4)21-9-10-24(26(8)25(21)14-20)23-12-17(5)11-18(6)19(23)7/h9-16H,1-8H3/q+1/i6D3. The number of rotatable bonds is 3. The highest BCUT2D eigenvalue weighted by molar-refractivity contribution is 5.83. The number of aryl methyl sites for hydroxylation is 3. The van der Waals surface area contributed by atoms with E-state index < -0.39 is 6.85 Å². The van der Waals surface area contributed by atoms with E-state index in [2.05, 4.69) is 69.6 Å². The van der Waals surface area contributed by atoms with Gasteiger partial charge in [-0.1, -0.05) is 45.4 Å². The summed E-state index contributed by atoms with van der Waals surface area (Å²) in [5, 5.41) is 1.26. The fraction of sp³-hybridized carbons (Fsp3) is 0.400. The Kier molecular flexibility index (Phi) is 3.95. The number of hydrogen-bond donors (Lipinski definition) is 0. The van der Waals surface area contributed by atoms with Crippen LogP contribution in [0.15, 0.2) is 36.4 Å². The molecular formula is C25H32N+. The lowest BCUT2D eigenvalue weighted by molar-refractivity contribution is -0.633. The first kappa shape index (κ1) is 15.0.